The van der Waals surface area contributed by atoms with Crippen LogP contribution in [0.2, 0.25) is 0 Å². The maximum atomic E-state index is 14.2. The Balaban J connectivity index is 0.000000175. The summed E-state index contributed by atoms with van der Waals surface area (Å²) in [6, 6.07) is 39.6. The van der Waals surface area contributed by atoms with Gasteiger partial charge in [-0.2, -0.15) is 0 Å². The molecule has 0 heterocycles. The lowest BCUT2D eigenvalue weighted by Gasteiger charge is -2.09. The molecular formula is C38H30BBrF4O4. The molecule has 0 saturated carbocycles. The van der Waals surface area contributed by atoms with Gasteiger partial charge in [-0.25, -0.2) is 17.6 Å². The topological polar surface area (TPSA) is 58.9 Å². The molecule has 0 fully saturated rings. The first-order valence-electron chi connectivity index (χ1n) is 14.6. The molecule has 48 heavy (non-hydrogen) atoms. The first-order valence-corrected chi connectivity index (χ1v) is 15.4. The summed E-state index contributed by atoms with van der Waals surface area (Å²) in [7, 11) is -1.51. The third-order valence-electron chi connectivity index (χ3n) is 6.65. The molecule has 6 aromatic carbocycles. The average Bonchev–Trinajstić information content (AvgIpc) is 3.10. The van der Waals surface area contributed by atoms with Crippen molar-refractivity contribution in [2.75, 3.05) is 0 Å². The summed E-state index contributed by atoms with van der Waals surface area (Å²) in [4.78, 5) is 0. The van der Waals surface area contributed by atoms with Crippen LogP contribution >= 0.6 is 15.9 Å². The van der Waals surface area contributed by atoms with E-state index in [0.717, 1.165) is 11.1 Å². The Hall–Kier alpha value is -4.90. The van der Waals surface area contributed by atoms with Crippen molar-refractivity contribution in [1.82, 2.24) is 0 Å². The Morgan fingerprint density at radius 2 is 0.979 bits per heavy atom. The molecule has 0 aliphatic heterocycles. The molecule has 0 aliphatic rings. The molecule has 0 radical (unpaired) electrons. The fraction of sp³-hybridized carbons (Fsp3) is 0.0526. The highest BCUT2D eigenvalue weighted by Gasteiger charge is 2.09. The van der Waals surface area contributed by atoms with E-state index in [9.17, 15) is 17.6 Å². The Morgan fingerprint density at radius 3 is 1.44 bits per heavy atom. The van der Waals surface area contributed by atoms with Gasteiger partial charge in [-0.15, -0.1) is 0 Å². The van der Waals surface area contributed by atoms with E-state index in [1.165, 1.54) is 48.5 Å². The number of ether oxygens (including phenoxy) is 2. The van der Waals surface area contributed by atoms with Crippen molar-refractivity contribution in [3.8, 4) is 22.6 Å². The Kier molecular flexibility index (Phi) is 13.8. The smallest absolute Gasteiger partial charge is 0.488 e. The highest BCUT2D eigenvalue weighted by Crippen LogP contribution is 2.27. The Bertz CT molecular complexity index is 1840. The lowest BCUT2D eigenvalue weighted by molar-refractivity contribution is 0.304. The second kappa shape index (κ2) is 18.4. The van der Waals surface area contributed by atoms with Crippen LogP contribution in [0.25, 0.3) is 11.1 Å². The minimum atomic E-state index is -1.51. The Morgan fingerprint density at radius 1 is 0.521 bits per heavy atom. The number of hydrogen-bond acceptors (Lipinski definition) is 4. The fourth-order valence-corrected chi connectivity index (χ4v) is 4.38. The molecule has 10 heteroatoms. The second-order valence-corrected chi connectivity index (χ2v) is 11.1. The fourth-order valence-electron chi connectivity index (χ4n) is 4.13. The molecule has 0 aromatic heterocycles. The number of benzene rings is 6. The van der Waals surface area contributed by atoms with Gasteiger partial charge < -0.3 is 19.5 Å². The molecule has 6 rings (SSSR count). The van der Waals surface area contributed by atoms with Crippen molar-refractivity contribution in [2.24, 2.45) is 0 Å². The zero-order valence-corrected chi connectivity index (χ0v) is 27.0. The van der Waals surface area contributed by atoms with Crippen LogP contribution in [-0.4, -0.2) is 17.2 Å². The molecule has 2 N–H and O–H groups in total. The van der Waals surface area contributed by atoms with Gasteiger partial charge in [0.25, 0.3) is 0 Å². The van der Waals surface area contributed by atoms with E-state index in [1.807, 2.05) is 60.7 Å². The SMILES string of the molecule is Fc1cc(OCc2ccccc2)ccc1Br.Fc1ccc(-c2ccc(OCc3ccccc3)cc2F)cc1.OB(O)c1ccc(F)cc1. The van der Waals surface area contributed by atoms with Crippen LogP contribution in [0.1, 0.15) is 11.1 Å². The zero-order chi connectivity index (χ0) is 34.3. The lowest BCUT2D eigenvalue weighted by atomic mass is 9.80. The molecule has 0 unspecified atom stereocenters. The second-order valence-electron chi connectivity index (χ2n) is 10.2. The van der Waals surface area contributed by atoms with Crippen molar-refractivity contribution in [3.05, 3.63) is 184 Å². The third-order valence-corrected chi connectivity index (χ3v) is 7.29. The van der Waals surface area contributed by atoms with E-state index >= 15 is 0 Å². The molecule has 0 atom stereocenters. The van der Waals surface area contributed by atoms with E-state index in [4.69, 9.17) is 19.5 Å². The van der Waals surface area contributed by atoms with Crippen LogP contribution in [0.3, 0.4) is 0 Å². The molecule has 0 saturated heterocycles. The first kappa shape index (κ1) is 35.9. The molecule has 0 aliphatic carbocycles. The monoisotopic (exact) mass is 716 g/mol. The summed E-state index contributed by atoms with van der Waals surface area (Å²) in [6.45, 7) is 0.831. The maximum Gasteiger partial charge on any atom is 0.488 e. The summed E-state index contributed by atoms with van der Waals surface area (Å²) < 4.78 is 64.0. The van der Waals surface area contributed by atoms with E-state index in [0.29, 0.717) is 45.8 Å². The minimum absolute atomic E-state index is 0.293. The molecule has 0 spiro atoms. The summed E-state index contributed by atoms with van der Waals surface area (Å²) in [6.07, 6.45) is 0. The number of halogens is 5. The van der Waals surface area contributed by atoms with Gasteiger partial charge in [-0.05, 0) is 86.6 Å². The summed E-state index contributed by atoms with van der Waals surface area (Å²) in [5.74, 6) is -0.434. The lowest BCUT2D eigenvalue weighted by Crippen LogP contribution is -2.29. The number of rotatable bonds is 8. The van der Waals surface area contributed by atoms with Crippen molar-refractivity contribution in [3.63, 3.8) is 0 Å². The minimum Gasteiger partial charge on any atom is -0.489 e. The van der Waals surface area contributed by atoms with Gasteiger partial charge in [0.1, 0.15) is 48.0 Å². The van der Waals surface area contributed by atoms with Crippen LogP contribution in [0.5, 0.6) is 11.5 Å². The quantitative estimate of drug-likeness (QED) is 0.122. The molecule has 0 amide bonds. The maximum absolute atomic E-state index is 14.2. The number of hydrogen-bond donors (Lipinski definition) is 2. The van der Waals surface area contributed by atoms with Crippen LogP contribution in [0.4, 0.5) is 17.6 Å². The molecule has 4 nitrogen and oxygen atoms in total. The highest BCUT2D eigenvalue weighted by molar-refractivity contribution is 9.10. The molecule has 6 aromatic rings. The first-order chi connectivity index (χ1) is 23.2. The van der Waals surface area contributed by atoms with Crippen molar-refractivity contribution < 1.29 is 37.1 Å². The molecule has 244 valence electrons. The molecule has 0 bridgehead atoms. The predicted molar refractivity (Wildman–Crippen MR) is 184 cm³/mol. The van der Waals surface area contributed by atoms with Crippen molar-refractivity contribution >= 4 is 28.5 Å². The van der Waals surface area contributed by atoms with Crippen LogP contribution in [-0.2, 0) is 13.2 Å². The van der Waals surface area contributed by atoms with Gasteiger partial charge in [0, 0.05) is 17.7 Å². The standard InChI is InChI=1S/C19H14F2O.C13H10BrFO.C6H6BFO2/c20-16-8-6-15(7-9-16)18-11-10-17(12-19(18)21)22-13-14-4-2-1-3-5-14;14-12-7-6-11(8-13(12)15)16-9-10-4-2-1-3-5-10;8-6-3-1-5(2-4-6)7(9)10/h1-12H,13H2;1-8H,9H2;1-4,9-10H. The van der Waals surface area contributed by atoms with E-state index in [2.05, 4.69) is 15.9 Å². The van der Waals surface area contributed by atoms with Crippen molar-refractivity contribution in [2.45, 2.75) is 13.2 Å². The van der Waals surface area contributed by atoms with E-state index < -0.39 is 12.9 Å². The summed E-state index contributed by atoms with van der Waals surface area (Å²) in [5.41, 5.74) is 3.43. The third kappa shape index (κ3) is 11.7. The molecular weight excluding hydrogens is 687 g/mol. The van der Waals surface area contributed by atoms with Gasteiger partial charge in [0.05, 0.1) is 4.47 Å². The van der Waals surface area contributed by atoms with Crippen LogP contribution in [0.15, 0.2) is 150 Å². The largest absolute Gasteiger partial charge is 0.489 e. The van der Waals surface area contributed by atoms with E-state index in [1.54, 1.807) is 36.4 Å². The van der Waals surface area contributed by atoms with Crippen LogP contribution in [0, 0.1) is 23.3 Å². The van der Waals surface area contributed by atoms with Gasteiger partial charge in [-0.1, -0.05) is 84.9 Å². The van der Waals surface area contributed by atoms with Crippen LogP contribution < -0.4 is 14.9 Å². The van der Waals surface area contributed by atoms with Crippen molar-refractivity contribution in [1.29, 1.82) is 0 Å². The van der Waals surface area contributed by atoms with Gasteiger partial charge >= 0.3 is 7.12 Å². The zero-order valence-electron chi connectivity index (χ0n) is 25.4. The van der Waals surface area contributed by atoms with E-state index in [-0.39, 0.29) is 17.5 Å². The summed E-state index contributed by atoms with van der Waals surface area (Å²) >= 11 is 3.09. The summed E-state index contributed by atoms with van der Waals surface area (Å²) in [5, 5.41) is 17.1. The Labute approximate surface area is 285 Å². The van der Waals surface area contributed by atoms with Gasteiger partial charge in [0.2, 0.25) is 0 Å². The predicted octanol–water partition coefficient (Wildman–Crippen LogP) is 8.88. The average molecular weight is 717 g/mol. The highest BCUT2D eigenvalue weighted by atomic mass is 79.9. The van der Waals surface area contributed by atoms with Gasteiger partial charge in [-0.3, -0.25) is 0 Å². The van der Waals surface area contributed by atoms with Gasteiger partial charge in [0.15, 0.2) is 0 Å². The normalized spacial score (nSPS) is 10.1.